The zero-order chi connectivity index (χ0) is 11.4. The molecule has 0 atom stereocenters. The summed E-state index contributed by atoms with van der Waals surface area (Å²) in [5.74, 6) is 0.148. The van der Waals surface area contributed by atoms with E-state index < -0.39 is 5.82 Å². The number of hydrogen-bond acceptors (Lipinski definition) is 2. The standard InChI is InChI=1S/C13H12FNO/c14-12-7-6-11(8-13(12)15)16-9-10-4-2-1-3-5-10/h1-8H,9,15H2. The fraction of sp³-hybridized carbons (Fsp3) is 0.0769. The minimum Gasteiger partial charge on any atom is -0.489 e. The summed E-state index contributed by atoms with van der Waals surface area (Å²) in [6, 6.07) is 14.1. The van der Waals surface area contributed by atoms with Crippen LogP contribution in [0.2, 0.25) is 0 Å². The van der Waals surface area contributed by atoms with Crippen molar-refractivity contribution in [1.82, 2.24) is 0 Å². The molecule has 82 valence electrons. The van der Waals surface area contributed by atoms with Gasteiger partial charge in [-0.15, -0.1) is 0 Å². The molecule has 2 aromatic carbocycles. The van der Waals surface area contributed by atoms with Crippen LogP contribution in [0.25, 0.3) is 0 Å². The number of halogens is 1. The van der Waals surface area contributed by atoms with Crippen molar-refractivity contribution in [2.24, 2.45) is 0 Å². The van der Waals surface area contributed by atoms with Gasteiger partial charge in [-0.2, -0.15) is 0 Å². The minimum atomic E-state index is -0.424. The number of hydrogen-bond donors (Lipinski definition) is 1. The Balaban J connectivity index is 2.03. The molecular formula is C13H12FNO. The second kappa shape index (κ2) is 4.66. The maximum atomic E-state index is 12.9. The highest BCUT2D eigenvalue weighted by molar-refractivity contribution is 5.45. The summed E-state index contributed by atoms with van der Waals surface area (Å²) in [5, 5.41) is 0. The van der Waals surface area contributed by atoms with E-state index >= 15 is 0 Å². The fourth-order valence-electron chi connectivity index (χ4n) is 1.35. The van der Waals surface area contributed by atoms with Crippen LogP contribution in [-0.2, 0) is 6.61 Å². The topological polar surface area (TPSA) is 35.2 Å². The largest absolute Gasteiger partial charge is 0.489 e. The Kier molecular flexibility index (Phi) is 3.05. The van der Waals surface area contributed by atoms with Gasteiger partial charge in [0.05, 0.1) is 5.69 Å². The lowest BCUT2D eigenvalue weighted by molar-refractivity contribution is 0.306. The Morgan fingerprint density at radius 3 is 2.50 bits per heavy atom. The van der Waals surface area contributed by atoms with Gasteiger partial charge in [-0.3, -0.25) is 0 Å². The van der Waals surface area contributed by atoms with Crippen LogP contribution in [0, 0.1) is 5.82 Å². The summed E-state index contributed by atoms with van der Waals surface area (Å²) in [7, 11) is 0. The molecule has 2 N–H and O–H groups in total. The van der Waals surface area contributed by atoms with Crippen molar-refractivity contribution in [3.05, 3.63) is 59.9 Å². The van der Waals surface area contributed by atoms with Crippen molar-refractivity contribution < 1.29 is 9.13 Å². The molecule has 0 aromatic heterocycles. The van der Waals surface area contributed by atoms with Crippen LogP contribution in [0.5, 0.6) is 5.75 Å². The number of benzene rings is 2. The molecule has 0 aliphatic carbocycles. The van der Waals surface area contributed by atoms with E-state index in [0.717, 1.165) is 5.56 Å². The van der Waals surface area contributed by atoms with Crippen molar-refractivity contribution in [2.45, 2.75) is 6.61 Å². The van der Waals surface area contributed by atoms with Crippen LogP contribution in [0.1, 0.15) is 5.56 Å². The SMILES string of the molecule is Nc1cc(OCc2ccccc2)ccc1F. The first-order valence-corrected chi connectivity index (χ1v) is 4.97. The molecule has 3 heteroatoms. The fourth-order valence-corrected chi connectivity index (χ4v) is 1.35. The van der Waals surface area contributed by atoms with E-state index in [1.165, 1.54) is 12.1 Å². The molecule has 0 aliphatic rings. The molecule has 0 radical (unpaired) electrons. The van der Waals surface area contributed by atoms with Crippen LogP contribution in [-0.4, -0.2) is 0 Å². The number of nitrogens with two attached hydrogens (primary N) is 1. The molecule has 0 amide bonds. The molecule has 0 saturated carbocycles. The summed E-state index contributed by atoms with van der Waals surface area (Å²) >= 11 is 0. The monoisotopic (exact) mass is 217 g/mol. The third-order valence-electron chi connectivity index (χ3n) is 2.22. The summed E-state index contributed by atoms with van der Waals surface area (Å²) in [4.78, 5) is 0. The first-order valence-electron chi connectivity index (χ1n) is 4.97. The number of ether oxygens (including phenoxy) is 1. The number of anilines is 1. The summed E-state index contributed by atoms with van der Waals surface area (Å²) < 4.78 is 18.4. The molecule has 0 spiro atoms. The Morgan fingerprint density at radius 2 is 1.81 bits per heavy atom. The van der Waals surface area contributed by atoms with Gasteiger partial charge < -0.3 is 10.5 Å². The first-order chi connectivity index (χ1) is 7.75. The predicted octanol–water partition coefficient (Wildman–Crippen LogP) is 2.99. The Labute approximate surface area is 93.5 Å². The molecule has 0 saturated heterocycles. The van der Waals surface area contributed by atoms with Crippen LogP contribution < -0.4 is 10.5 Å². The van der Waals surface area contributed by atoms with Gasteiger partial charge in [-0.1, -0.05) is 30.3 Å². The second-order valence-corrected chi connectivity index (χ2v) is 3.46. The van der Waals surface area contributed by atoms with Crippen LogP contribution >= 0.6 is 0 Å². The summed E-state index contributed by atoms with van der Waals surface area (Å²) in [5.41, 5.74) is 6.60. The molecular weight excluding hydrogens is 205 g/mol. The number of rotatable bonds is 3. The lowest BCUT2D eigenvalue weighted by atomic mass is 10.2. The normalized spacial score (nSPS) is 10.1. The highest BCUT2D eigenvalue weighted by atomic mass is 19.1. The summed E-state index contributed by atoms with van der Waals surface area (Å²) in [6.45, 7) is 0.450. The maximum Gasteiger partial charge on any atom is 0.146 e. The van der Waals surface area contributed by atoms with Crippen molar-refractivity contribution in [1.29, 1.82) is 0 Å². The van der Waals surface area contributed by atoms with Gasteiger partial charge in [0.25, 0.3) is 0 Å². The molecule has 2 aromatic rings. The van der Waals surface area contributed by atoms with Crippen LogP contribution in [0.15, 0.2) is 48.5 Å². The molecule has 2 nitrogen and oxygen atoms in total. The quantitative estimate of drug-likeness (QED) is 0.802. The van der Waals surface area contributed by atoms with Gasteiger partial charge in [-0.05, 0) is 17.7 Å². The molecule has 0 fully saturated rings. The maximum absolute atomic E-state index is 12.9. The van der Waals surface area contributed by atoms with Crippen molar-refractivity contribution in [2.75, 3.05) is 5.73 Å². The van der Waals surface area contributed by atoms with E-state index in [1.54, 1.807) is 6.07 Å². The zero-order valence-corrected chi connectivity index (χ0v) is 8.69. The van der Waals surface area contributed by atoms with E-state index in [4.69, 9.17) is 10.5 Å². The molecule has 0 heterocycles. The number of nitrogen functional groups attached to an aromatic ring is 1. The lowest BCUT2D eigenvalue weighted by Crippen LogP contribution is -1.97. The van der Waals surface area contributed by atoms with Gasteiger partial charge in [0, 0.05) is 6.07 Å². The van der Waals surface area contributed by atoms with Crippen molar-refractivity contribution >= 4 is 5.69 Å². The highest BCUT2D eigenvalue weighted by Gasteiger charge is 2.00. The lowest BCUT2D eigenvalue weighted by Gasteiger charge is -2.07. The van der Waals surface area contributed by atoms with E-state index in [2.05, 4.69) is 0 Å². The third-order valence-corrected chi connectivity index (χ3v) is 2.22. The van der Waals surface area contributed by atoms with Crippen LogP contribution in [0.3, 0.4) is 0 Å². The second-order valence-electron chi connectivity index (χ2n) is 3.46. The molecule has 0 unspecified atom stereocenters. The molecule has 0 aliphatic heterocycles. The smallest absolute Gasteiger partial charge is 0.146 e. The highest BCUT2D eigenvalue weighted by Crippen LogP contribution is 2.19. The van der Waals surface area contributed by atoms with E-state index in [0.29, 0.717) is 12.4 Å². The van der Waals surface area contributed by atoms with E-state index in [9.17, 15) is 4.39 Å². The van der Waals surface area contributed by atoms with E-state index in [1.807, 2.05) is 30.3 Å². The van der Waals surface area contributed by atoms with Gasteiger partial charge in [-0.25, -0.2) is 4.39 Å². The van der Waals surface area contributed by atoms with E-state index in [-0.39, 0.29) is 5.69 Å². The van der Waals surface area contributed by atoms with Crippen molar-refractivity contribution in [3.8, 4) is 5.75 Å². The van der Waals surface area contributed by atoms with Crippen LogP contribution in [0.4, 0.5) is 10.1 Å². The van der Waals surface area contributed by atoms with Gasteiger partial charge >= 0.3 is 0 Å². The zero-order valence-electron chi connectivity index (χ0n) is 8.69. The predicted molar refractivity (Wildman–Crippen MR) is 61.6 cm³/mol. The third kappa shape index (κ3) is 2.51. The molecule has 0 bridgehead atoms. The Hall–Kier alpha value is -2.03. The van der Waals surface area contributed by atoms with Crippen molar-refractivity contribution in [3.63, 3.8) is 0 Å². The van der Waals surface area contributed by atoms with Gasteiger partial charge in [0.2, 0.25) is 0 Å². The first kappa shape index (κ1) is 10.5. The Bertz CT molecular complexity index is 471. The van der Waals surface area contributed by atoms with Gasteiger partial charge in [0.1, 0.15) is 18.2 Å². The van der Waals surface area contributed by atoms with Gasteiger partial charge in [0.15, 0.2) is 0 Å². The molecule has 16 heavy (non-hydrogen) atoms. The molecule has 2 rings (SSSR count). The summed E-state index contributed by atoms with van der Waals surface area (Å²) in [6.07, 6.45) is 0. The minimum absolute atomic E-state index is 0.102. The average Bonchev–Trinajstić information content (AvgIpc) is 2.32. The Morgan fingerprint density at radius 1 is 1.06 bits per heavy atom. The average molecular weight is 217 g/mol.